The van der Waals surface area contributed by atoms with Crippen LogP contribution in [-0.2, 0) is 14.2 Å². The van der Waals surface area contributed by atoms with Crippen molar-refractivity contribution < 1.29 is 34.6 Å². The van der Waals surface area contributed by atoms with Crippen molar-refractivity contribution >= 4 is 0 Å². The van der Waals surface area contributed by atoms with E-state index >= 15 is 0 Å². The molecule has 1 aliphatic carbocycles. The second kappa shape index (κ2) is 6.07. The summed E-state index contributed by atoms with van der Waals surface area (Å²) in [5.74, 6) is 0.215. The third kappa shape index (κ3) is 2.74. The summed E-state index contributed by atoms with van der Waals surface area (Å²) >= 11 is 0. The molecule has 3 aliphatic rings. The fourth-order valence-electron chi connectivity index (χ4n) is 3.72. The zero-order chi connectivity index (χ0) is 16.9. The molecule has 2 heterocycles. The van der Waals surface area contributed by atoms with Crippen molar-refractivity contribution in [1.29, 1.82) is 0 Å². The molecule has 132 valence electrons. The van der Waals surface area contributed by atoms with Crippen LogP contribution in [0.5, 0.6) is 0 Å². The van der Waals surface area contributed by atoms with E-state index in [1.807, 2.05) is 13.0 Å². The van der Waals surface area contributed by atoms with Crippen LogP contribution in [0.1, 0.15) is 27.2 Å². The molecule has 7 heteroatoms. The Hall–Kier alpha value is -0.540. The molecule has 0 aromatic rings. The van der Waals surface area contributed by atoms with Crippen LogP contribution in [0.25, 0.3) is 0 Å². The first-order valence-electron chi connectivity index (χ1n) is 8.12. The standard InChI is InChI=1S/C16H26O7/c1-7(2)16-10(4-8(3)5-11(16)23-16)22-15-14(20)13(19)12(18)9(6-17)21-15/h4,7,9-15,17-20H,5-6H2,1-3H3/t9-,10+,11-,12-,13+,14-,15+,16+/m1/s1. The van der Waals surface area contributed by atoms with E-state index in [0.717, 1.165) is 12.0 Å². The van der Waals surface area contributed by atoms with Crippen molar-refractivity contribution in [2.75, 3.05) is 6.61 Å². The lowest BCUT2D eigenvalue weighted by molar-refractivity contribution is -0.312. The van der Waals surface area contributed by atoms with Gasteiger partial charge in [0.2, 0.25) is 0 Å². The van der Waals surface area contributed by atoms with Gasteiger partial charge in [0.1, 0.15) is 36.1 Å². The number of ether oxygens (including phenoxy) is 3. The van der Waals surface area contributed by atoms with Gasteiger partial charge in [0.25, 0.3) is 0 Å². The average Bonchev–Trinajstić information content (AvgIpc) is 3.23. The Labute approximate surface area is 135 Å². The molecule has 4 N–H and O–H groups in total. The number of aliphatic hydroxyl groups is 4. The zero-order valence-electron chi connectivity index (χ0n) is 13.6. The van der Waals surface area contributed by atoms with E-state index in [1.54, 1.807) is 0 Å². The summed E-state index contributed by atoms with van der Waals surface area (Å²) < 4.78 is 17.3. The van der Waals surface area contributed by atoms with Crippen molar-refractivity contribution in [3.63, 3.8) is 0 Å². The predicted molar refractivity (Wildman–Crippen MR) is 79.5 cm³/mol. The minimum atomic E-state index is -1.44. The lowest BCUT2D eigenvalue weighted by Crippen LogP contribution is -2.60. The summed E-state index contributed by atoms with van der Waals surface area (Å²) in [7, 11) is 0. The van der Waals surface area contributed by atoms with Gasteiger partial charge in [0.15, 0.2) is 6.29 Å². The summed E-state index contributed by atoms with van der Waals surface area (Å²) in [5.41, 5.74) is 0.691. The molecule has 0 bridgehead atoms. The molecule has 0 aromatic heterocycles. The summed E-state index contributed by atoms with van der Waals surface area (Å²) in [6, 6.07) is 0. The van der Waals surface area contributed by atoms with Gasteiger partial charge in [-0.05, 0) is 19.3 Å². The molecule has 0 unspecified atom stereocenters. The summed E-state index contributed by atoms with van der Waals surface area (Å²) in [5, 5.41) is 39.1. The quantitative estimate of drug-likeness (QED) is 0.399. The van der Waals surface area contributed by atoms with E-state index in [-0.39, 0.29) is 12.0 Å². The molecule has 2 aliphatic heterocycles. The zero-order valence-corrected chi connectivity index (χ0v) is 13.6. The largest absolute Gasteiger partial charge is 0.394 e. The lowest BCUT2D eigenvalue weighted by atomic mass is 9.80. The van der Waals surface area contributed by atoms with Crippen LogP contribution in [0.3, 0.4) is 0 Å². The summed E-state index contributed by atoms with van der Waals surface area (Å²) in [6.07, 6.45) is -3.85. The topological polar surface area (TPSA) is 112 Å². The fourth-order valence-corrected chi connectivity index (χ4v) is 3.72. The molecule has 7 nitrogen and oxygen atoms in total. The molecular weight excluding hydrogens is 304 g/mol. The van der Waals surface area contributed by atoms with E-state index in [2.05, 4.69) is 13.8 Å². The monoisotopic (exact) mass is 330 g/mol. The van der Waals surface area contributed by atoms with Crippen LogP contribution in [0, 0.1) is 5.92 Å². The highest BCUT2D eigenvalue weighted by Gasteiger charge is 2.65. The van der Waals surface area contributed by atoms with Gasteiger partial charge < -0.3 is 34.6 Å². The first kappa shape index (κ1) is 17.3. The third-order valence-electron chi connectivity index (χ3n) is 5.21. The molecule has 2 saturated heterocycles. The molecule has 0 spiro atoms. The maximum absolute atomic E-state index is 10.1. The molecular formula is C16H26O7. The van der Waals surface area contributed by atoms with Gasteiger partial charge >= 0.3 is 0 Å². The van der Waals surface area contributed by atoms with Gasteiger partial charge in [0.05, 0.1) is 12.7 Å². The Bertz CT molecular complexity index is 477. The molecule has 23 heavy (non-hydrogen) atoms. The first-order chi connectivity index (χ1) is 10.8. The minimum absolute atomic E-state index is 0.0855. The average molecular weight is 330 g/mol. The number of hydrogen-bond acceptors (Lipinski definition) is 7. The van der Waals surface area contributed by atoms with Crippen LogP contribution in [0.4, 0.5) is 0 Å². The number of epoxide rings is 1. The Kier molecular flexibility index (Phi) is 4.57. The maximum Gasteiger partial charge on any atom is 0.187 e. The van der Waals surface area contributed by atoms with Crippen molar-refractivity contribution in [1.82, 2.24) is 0 Å². The third-order valence-corrected chi connectivity index (χ3v) is 5.21. The van der Waals surface area contributed by atoms with E-state index in [9.17, 15) is 20.4 Å². The van der Waals surface area contributed by atoms with Crippen molar-refractivity contribution in [3.05, 3.63) is 11.6 Å². The highest BCUT2D eigenvalue weighted by atomic mass is 16.7. The van der Waals surface area contributed by atoms with Crippen LogP contribution >= 0.6 is 0 Å². The Balaban J connectivity index is 1.78. The van der Waals surface area contributed by atoms with Gasteiger partial charge in [-0.2, -0.15) is 0 Å². The maximum atomic E-state index is 10.1. The summed E-state index contributed by atoms with van der Waals surface area (Å²) in [6.45, 7) is 5.63. The van der Waals surface area contributed by atoms with E-state index < -0.39 is 49.0 Å². The summed E-state index contributed by atoms with van der Waals surface area (Å²) in [4.78, 5) is 0. The van der Waals surface area contributed by atoms with Crippen LogP contribution < -0.4 is 0 Å². The lowest BCUT2D eigenvalue weighted by Gasteiger charge is -2.42. The van der Waals surface area contributed by atoms with Crippen molar-refractivity contribution in [3.8, 4) is 0 Å². The normalized spacial score (nSPS) is 49.7. The molecule has 2 fully saturated rings. The second-order valence-corrected chi connectivity index (χ2v) is 7.09. The second-order valence-electron chi connectivity index (χ2n) is 7.09. The number of aliphatic hydroxyl groups excluding tert-OH is 4. The number of rotatable bonds is 4. The van der Waals surface area contributed by atoms with Gasteiger partial charge in [-0.1, -0.05) is 25.5 Å². The predicted octanol–water partition coefficient (Wildman–Crippen LogP) is -0.685. The molecule has 0 amide bonds. The SMILES string of the molecule is CC1=C[C@H](O[C@@H]2O[C@H](CO)[C@@H](O)[C@H](O)[C@H]2O)[C@]2(C(C)C)O[C@@H]2C1. The van der Waals surface area contributed by atoms with E-state index in [0.29, 0.717) is 0 Å². The van der Waals surface area contributed by atoms with Crippen LogP contribution in [-0.4, -0.2) is 75.5 Å². The van der Waals surface area contributed by atoms with Gasteiger partial charge in [-0.3, -0.25) is 0 Å². The molecule has 0 radical (unpaired) electrons. The highest BCUT2D eigenvalue weighted by Crippen LogP contribution is 2.53. The first-order valence-corrected chi connectivity index (χ1v) is 8.12. The van der Waals surface area contributed by atoms with Crippen molar-refractivity contribution in [2.24, 2.45) is 5.92 Å². The number of hydrogen-bond donors (Lipinski definition) is 4. The fraction of sp³-hybridized carbons (Fsp3) is 0.875. The van der Waals surface area contributed by atoms with Crippen molar-refractivity contribution in [2.45, 2.75) is 75.7 Å². The highest BCUT2D eigenvalue weighted by molar-refractivity contribution is 5.26. The van der Waals surface area contributed by atoms with Gasteiger partial charge in [-0.15, -0.1) is 0 Å². The molecule has 0 aromatic carbocycles. The van der Waals surface area contributed by atoms with Crippen LogP contribution in [0.15, 0.2) is 11.6 Å². The molecule has 0 saturated carbocycles. The van der Waals surface area contributed by atoms with Gasteiger partial charge in [-0.25, -0.2) is 0 Å². The van der Waals surface area contributed by atoms with Crippen LogP contribution in [0.2, 0.25) is 0 Å². The smallest absolute Gasteiger partial charge is 0.187 e. The Morgan fingerprint density at radius 3 is 2.57 bits per heavy atom. The number of fused-ring (bicyclic) bond motifs is 1. The Morgan fingerprint density at radius 2 is 1.96 bits per heavy atom. The molecule has 8 atom stereocenters. The molecule has 3 rings (SSSR count). The Morgan fingerprint density at radius 1 is 1.26 bits per heavy atom. The minimum Gasteiger partial charge on any atom is -0.394 e. The van der Waals surface area contributed by atoms with E-state index in [4.69, 9.17) is 14.2 Å². The van der Waals surface area contributed by atoms with Gasteiger partial charge in [0, 0.05) is 0 Å². The van der Waals surface area contributed by atoms with E-state index in [1.165, 1.54) is 0 Å².